The smallest absolute Gasteiger partial charge is 0.150 e. The highest BCUT2D eigenvalue weighted by molar-refractivity contribution is 5.37. The monoisotopic (exact) mass is 274 g/mol. The lowest BCUT2D eigenvalue weighted by atomic mass is 10.2. The van der Waals surface area contributed by atoms with Crippen molar-refractivity contribution >= 4 is 0 Å². The molecule has 20 heavy (non-hydrogen) atoms. The van der Waals surface area contributed by atoms with Crippen LogP contribution in [-0.2, 0) is 6.54 Å². The molecule has 1 aromatic heterocycles. The van der Waals surface area contributed by atoms with Crippen molar-refractivity contribution in [3.05, 3.63) is 53.6 Å². The van der Waals surface area contributed by atoms with Crippen LogP contribution in [0.3, 0.4) is 0 Å². The van der Waals surface area contributed by atoms with Crippen LogP contribution in [0.25, 0.3) is 0 Å². The second kappa shape index (κ2) is 6.48. The van der Waals surface area contributed by atoms with Gasteiger partial charge in [-0.3, -0.25) is 4.98 Å². The van der Waals surface area contributed by atoms with Crippen molar-refractivity contribution in [3.63, 3.8) is 0 Å². The van der Waals surface area contributed by atoms with Gasteiger partial charge in [0, 0.05) is 24.3 Å². The highest BCUT2D eigenvalue weighted by atomic mass is 19.1. The number of halogens is 1. The molecule has 0 fully saturated rings. The van der Waals surface area contributed by atoms with Gasteiger partial charge in [-0.25, -0.2) is 4.39 Å². The van der Waals surface area contributed by atoms with E-state index in [9.17, 15) is 4.39 Å². The molecule has 0 amide bonds. The van der Waals surface area contributed by atoms with Crippen LogP contribution < -0.4 is 10.1 Å². The van der Waals surface area contributed by atoms with E-state index in [2.05, 4.69) is 24.1 Å². The first-order valence-electron chi connectivity index (χ1n) is 6.66. The normalized spacial score (nSPS) is 10.8. The second-order valence-electron chi connectivity index (χ2n) is 5.03. The van der Waals surface area contributed by atoms with Crippen molar-refractivity contribution in [2.24, 2.45) is 0 Å². The molecular formula is C16H19FN2O. The predicted octanol–water partition coefficient (Wildman–Crippen LogP) is 3.82. The van der Waals surface area contributed by atoms with E-state index in [1.807, 2.05) is 6.07 Å². The third-order valence-electron chi connectivity index (χ3n) is 2.93. The Morgan fingerprint density at radius 2 is 2.10 bits per heavy atom. The van der Waals surface area contributed by atoms with Crippen LogP contribution in [0, 0.1) is 12.7 Å². The van der Waals surface area contributed by atoms with Crippen molar-refractivity contribution in [3.8, 4) is 11.5 Å². The van der Waals surface area contributed by atoms with Crippen molar-refractivity contribution in [2.75, 3.05) is 0 Å². The van der Waals surface area contributed by atoms with Gasteiger partial charge in [0.1, 0.15) is 17.3 Å². The predicted molar refractivity (Wildman–Crippen MR) is 77.4 cm³/mol. The highest BCUT2D eigenvalue weighted by Crippen LogP contribution is 2.25. The summed E-state index contributed by atoms with van der Waals surface area (Å²) in [5, 5.41) is 3.34. The number of hydrogen-bond donors (Lipinski definition) is 1. The minimum atomic E-state index is -0.231. The molecule has 0 saturated heterocycles. The summed E-state index contributed by atoms with van der Waals surface area (Å²) in [6.45, 7) is 6.60. The van der Waals surface area contributed by atoms with Gasteiger partial charge in [-0.2, -0.15) is 0 Å². The summed E-state index contributed by atoms with van der Waals surface area (Å²) in [7, 11) is 0. The van der Waals surface area contributed by atoms with Gasteiger partial charge >= 0.3 is 0 Å². The van der Waals surface area contributed by atoms with E-state index in [-0.39, 0.29) is 5.82 Å². The summed E-state index contributed by atoms with van der Waals surface area (Å²) in [5.41, 5.74) is 1.59. The van der Waals surface area contributed by atoms with Crippen LogP contribution in [-0.4, -0.2) is 11.0 Å². The van der Waals surface area contributed by atoms with Crippen LogP contribution >= 0.6 is 0 Å². The molecule has 106 valence electrons. The number of ether oxygens (including phenoxy) is 1. The number of pyridine rings is 1. The average Bonchev–Trinajstić information content (AvgIpc) is 2.42. The lowest BCUT2D eigenvalue weighted by Crippen LogP contribution is -2.22. The second-order valence-corrected chi connectivity index (χ2v) is 5.03. The molecule has 0 bridgehead atoms. The molecule has 0 aliphatic rings. The minimum Gasteiger partial charge on any atom is -0.455 e. The van der Waals surface area contributed by atoms with Crippen LogP contribution in [0.4, 0.5) is 4.39 Å². The number of rotatable bonds is 5. The van der Waals surface area contributed by atoms with E-state index in [1.54, 1.807) is 31.5 Å². The van der Waals surface area contributed by atoms with Gasteiger partial charge in [0.2, 0.25) is 0 Å². The quantitative estimate of drug-likeness (QED) is 0.900. The molecule has 0 radical (unpaired) electrons. The maximum absolute atomic E-state index is 13.2. The molecule has 1 aromatic carbocycles. The van der Waals surface area contributed by atoms with E-state index in [0.717, 1.165) is 5.56 Å². The fourth-order valence-corrected chi connectivity index (χ4v) is 1.77. The van der Waals surface area contributed by atoms with Gasteiger partial charge in [0.25, 0.3) is 0 Å². The lowest BCUT2D eigenvalue weighted by molar-refractivity contribution is 0.464. The van der Waals surface area contributed by atoms with E-state index in [0.29, 0.717) is 29.6 Å². The fourth-order valence-electron chi connectivity index (χ4n) is 1.77. The zero-order chi connectivity index (χ0) is 14.5. The van der Waals surface area contributed by atoms with Crippen LogP contribution in [0.1, 0.15) is 25.0 Å². The van der Waals surface area contributed by atoms with E-state index >= 15 is 0 Å². The third kappa shape index (κ3) is 3.78. The molecule has 0 saturated carbocycles. The molecule has 0 aliphatic carbocycles. The topological polar surface area (TPSA) is 34.1 Å². The molecule has 4 heteroatoms. The molecule has 0 spiro atoms. The van der Waals surface area contributed by atoms with Gasteiger partial charge in [-0.1, -0.05) is 13.8 Å². The maximum atomic E-state index is 13.2. The molecule has 1 N–H and O–H groups in total. The van der Waals surface area contributed by atoms with Crippen molar-refractivity contribution in [1.29, 1.82) is 0 Å². The summed E-state index contributed by atoms with van der Waals surface area (Å²) in [4.78, 5) is 4.08. The van der Waals surface area contributed by atoms with Crippen LogP contribution in [0.5, 0.6) is 11.5 Å². The molecule has 1 heterocycles. The zero-order valence-corrected chi connectivity index (χ0v) is 12.0. The zero-order valence-electron chi connectivity index (χ0n) is 12.0. The van der Waals surface area contributed by atoms with Gasteiger partial charge in [0.05, 0.1) is 6.20 Å². The van der Waals surface area contributed by atoms with Gasteiger partial charge in [-0.05, 0) is 36.8 Å². The Morgan fingerprint density at radius 1 is 1.30 bits per heavy atom. The van der Waals surface area contributed by atoms with Gasteiger partial charge in [-0.15, -0.1) is 0 Å². The van der Waals surface area contributed by atoms with Crippen molar-refractivity contribution < 1.29 is 9.13 Å². The Kier molecular flexibility index (Phi) is 4.69. The number of aromatic nitrogens is 1. The average molecular weight is 274 g/mol. The highest BCUT2D eigenvalue weighted by Gasteiger charge is 2.07. The Hall–Kier alpha value is -1.94. The summed E-state index contributed by atoms with van der Waals surface area (Å²) in [6.07, 6.45) is 3.41. The standard InChI is InChI=1S/C16H19FN2O/c1-11(2)19-9-13-6-7-18-10-16(13)20-14-4-5-15(17)12(3)8-14/h4-8,10-11,19H,9H2,1-3H3. The van der Waals surface area contributed by atoms with E-state index in [4.69, 9.17) is 4.74 Å². The number of hydrogen-bond acceptors (Lipinski definition) is 3. The lowest BCUT2D eigenvalue weighted by Gasteiger charge is -2.13. The number of nitrogens with zero attached hydrogens (tertiary/aromatic N) is 1. The SMILES string of the molecule is Cc1cc(Oc2cnccc2CNC(C)C)ccc1F. The molecule has 2 aromatic rings. The molecule has 0 aliphatic heterocycles. The van der Waals surface area contributed by atoms with E-state index < -0.39 is 0 Å². The first kappa shape index (κ1) is 14.5. The third-order valence-corrected chi connectivity index (χ3v) is 2.93. The van der Waals surface area contributed by atoms with Crippen molar-refractivity contribution in [1.82, 2.24) is 10.3 Å². The summed E-state index contributed by atoms with van der Waals surface area (Å²) >= 11 is 0. The first-order chi connectivity index (χ1) is 9.56. The number of nitrogens with one attached hydrogen (secondary N) is 1. The maximum Gasteiger partial charge on any atom is 0.150 e. The summed E-state index contributed by atoms with van der Waals surface area (Å²) in [5.74, 6) is 1.07. The number of benzene rings is 1. The van der Waals surface area contributed by atoms with Crippen LogP contribution in [0.15, 0.2) is 36.7 Å². The Labute approximate surface area is 118 Å². The first-order valence-corrected chi connectivity index (χ1v) is 6.66. The van der Waals surface area contributed by atoms with Crippen molar-refractivity contribution in [2.45, 2.75) is 33.4 Å². The van der Waals surface area contributed by atoms with Gasteiger partial charge < -0.3 is 10.1 Å². The largest absolute Gasteiger partial charge is 0.455 e. The Balaban J connectivity index is 2.17. The summed E-state index contributed by atoms with van der Waals surface area (Å²) < 4.78 is 19.1. The summed E-state index contributed by atoms with van der Waals surface area (Å²) in [6, 6.07) is 7.02. The van der Waals surface area contributed by atoms with Crippen LogP contribution in [0.2, 0.25) is 0 Å². The molecule has 0 atom stereocenters. The molecular weight excluding hydrogens is 255 g/mol. The molecule has 2 rings (SSSR count). The van der Waals surface area contributed by atoms with Gasteiger partial charge in [0.15, 0.2) is 0 Å². The fraction of sp³-hybridized carbons (Fsp3) is 0.312. The Morgan fingerprint density at radius 3 is 2.80 bits per heavy atom. The number of aryl methyl sites for hydroxylation is 1. The molecule has 0 unspecified atom stereocenters. The molecule has 3 nitrogen and oxygen atoms in total. The van der Waals surface area contributed by atoms with E-state index in [1.165, 1.54) is 6.07 Å². The minimum absolute atomic E-state index is 0.231. The Bertz CT molecular complexity index is 584.